The third-order valence-electron chi connectivity index (χ3n) is 3.49. The number of hydrogen-bond acceptors (Lipinski definition) is 5. The second-order valence-corrected chi connectivity index (χ2v) is 5.87. The smallest absolute Gasteiger partial charge is 0.264 e. The highest BCUT2D eigenvalue weighted by Crippen LogP contribution is 2.13. The van der Waals surface area contributed by atoms with Gasteiger partial charge in [0.1, 0.15) is 0 Å². The maximum Gasteiger partial charge on any atom is 0.264 e. The Morgan fingerprint density at radius 1 is 1.14 bits per heavy atom. The fourth-order valence-electron chi connectivity index (χ4n) is 2.20. The average molecular weight is 324 g/mol. The van der Waals surface area contributed by atoms with E-state index in [9.17, 15) is 14.4 Å². The summed E-state index contributed by atoms with van der Waals surface area (Å²) in [6.45, 7) is 2.39. The summed E-state index contributed by atoms with van der Waals surface area (Å²) >= 11 is 1.43. The van der Waals surface area contributed by atoms with Crippen molar-refractivity contribution in [1.29, 1.82) is 0 Å². The van der Waals surface area contributed by atoms with Gasteiger partial charge in [-0.25, -0.2) is 0 Å². The van der Waals surface area contributed by atoms with Crippen LogP contribution in [-0.2, 0) is 9.59 Å². The van der Waals surface area contributed by atoms with Crippen molar-refractivity contribution < 1.29 is 14.4 Å². The summed E-state index contributed by atoms with van der Waals surface area (Å²) in [5.74, 6) is -0.175. The summed E-state index contributed by atoms with van der Waals surface area (Å²) in [6.07, 6.45) is 0. The number of hydrogen-bond donors (Lipinski definition) is 2. The third-order valence-corrected chi connectivity index (χ3v) is 4.35. The first kappa shape index (κ1) is 16.4. The number of nitrogens with zero attached hydrogens (tertiary/aromatic N) is 2. The molecule has 1 aliphatic rings. The van der Waals surface area contributed by atoms with E-state index >= 15 is 0 Å². The lowest BCUT2D eigenvalue weighted by atomic mass is 10.3. The molecule has 7 nitrogen and oxygen atoms in total. The van der Waals surface area contributed by atoms with Gasteiger partial charge in [-0.15, -0.1) is 11.3 Å². The summed E-state index contributed by atoms with van der Waals surface area (Å²) in [5, 5.41) is 7.17. The van der Waals surface area contributed by atoms with Crippen LogP contribution >= 0.6 is 11.3 Å². The highest BCUT2D eigenvalue weighted by atomic mass is 32.1. The van der Waals surface area contributed by atoms with Gasteiger partial charge >= 0.3 is 0 Å². The normalized spacial score (nSPS) is 14.8. The Kier molecular flexibility index (Phi) is 5.91. The minimum atomic E-state index is -0.154. The first-order chi connectivity index (χ1) is 10.6. The topological polar surface area (TPSA) is 81.8 Å². The van der Waals surface area contributed by atoms with Crippen LogP contribution in [0.1, 0.15) is 9.67 Å². The molecule has 0 spiro atoms. The van der Waals surface area contributed by atoms with Crippen molar-refractivity contribution in [3.63, 3.8) is 0 Å². The lowest BCUT2D eigenvalue weighted by molar-refractivity contribution is -0.131. The van der Waals surface area contributed by atoms with Crippen LogP contribution in [0.5, 0.6) is 0 Å². The maximum atomic E-state index is 12.2. The lowest BCUT2D eigenvalue weighted by Crippen LogP contribution is -2.52. The molecule has 0 aromatic carbocycles. The Morgan fingerprint density at radius 2 is 1.82 bits per heavy atom. The Labute approximate surface area is 133 Å². The van der Waals surface area contributed by atoms with Crippen molar-refractivity contribution in [2.45, 2.75) is 0 Å². The standard InChI is InChI=1S/C14H20N4O3S/c1-15-12(19)9-16-10-13(20)17-4-6-18(7-5-17)14(21)11-3-2-8-22-11/h2-3,8,16H,4-7,9-10H2,1H3,(H,15,19). The van der Waals surface area contributed by atoms with Gasteiger partial charge in [0, 0.05) is 33.2 Å². The van der Waals surface area contributed by atoms with E-state index in [4.69, 9.17) is 0 Å². The molecule has 1 fully saturated rings. The van der Waals surface area contributed by atoms with Gasteiger partial charge in [-0.05, 0) is 11.4 Å². The summed E-state index contributed by atoms with van der Waals surface area (Å²) in [6, 6.07) is 3.67. The summed E-state index contributed by atoms with van der Waals surface area (Å²) in [4.78, 5) is 39.5. The lowest BCUT2D eigenvalue weighted by Gasteiger charge is -2.34. The number of likely N-dealkylation sites (N-methyl/N-ethyl adjacent to an activating group) is 1. The van der Waals surface area contributed by atoms with Crippen LogP contribution in [0, 0.1) is 0 Å². The van der Waals surface area contributed by atoms with E-state index in [1.165, 1.54) is 11.3 Å². The Morgan fingerprint density at radius 3 is 2.41 bits per heavy atom. The van der Waals surface area contributed by atoms with Crippen LogP contribution in [-0.4, -0.2) is 73.8 Å². The highest BCUT2D eigenvalue weighted by molar-refractivity contribution is 7.12. The van der Waals surface area contributed by atoms with Crippen molar-refractivity contribution in [2.75, 3.05) is 46.3 Å². The molecule has 0 atom stereocenters. The Balaban J connectivity index is 1.73. The zero-order valence-corrected chi connectivity index (χ0v) is 13.3. The molecule has 22 heavy (non-hydrogen) atoms. The van der Waals surface area contributed by atoms with E-state index in [1.807, 2.05) is 17.5 Å². The van der Waals surface area contributed by atoms with Gasteiger partial charge in [-0.1, -0.05) is 6.07 Å². The summed E-state index contributed by atoms with van der Waals surface area (Å²) in [5.41, 5.74) is 0. The Bertz CT molecular complexity index is 524. The monoisotopic (exact) mass is 324 g/mol. The zero-order chi connectivity index (χ0) is 15.9. The fourth-order valence-corrected chi connectivity index (χ4v) is 2.89. The van der Waals surface area contributed by atoms with Crippen LogP contribution in [0.25, 0.3) is 0 Å². The molecule has 1 saturated heterocycles. The molecule has 120 valence electrons. The van der Waals surface area contributed by atoms with E-state index in [0.29, 0.717) is 26.2 Å². The Hall–Kier alpha value is -1.93. The van der Waals surface area contributed by atoms with Gasteiger partial charge in [0.15, 0.2) is 0 Å². The molecule has 0 bridgehead atoms. The van der Waals surface area contributed by atoms with Crippen molar-refractivity contribution in [1.82, 2.24) is 20.4 Å². The zero-order valence-electron chi connectivity index (χ0n) is 12.5. The molecular formula is C14H20N4O3S. The highest BCUT2D eigenvalue weighted by Gasteiger charge is 2.24. The number of rotatable bonds is 5. The van der Waals surface area contributed by atoms with Crippen molar-refractivity contribution in [3.8, 4) is 0 Å². The average Bonchev–Trinajstić information content (AvgIpc) is 3.08. The number of nitrogens with one attached hydrogen (secondary N) is 2. The molecule has 0 radical (unpaired) electrons. The van der Waals surface area contributed by atoms with Gasteiger partial charge in [0.2, 0.25) is 11.8 Å². The molecule has 2 heterocycles. The molecule has 2 rings (SSSR count). The predicted molar refractivity (Wildman–Crippen MR) is 83.7 cm³/mol. The van der Waals surface area contributed by atoms with Crippen molar-refractivity contribution in [2.24, 2.45) is 0 Å². The summed E-state index contributed by atoms with van der Waals surface area (Å²) < 4.78 is 0. The van der Waals surface area contributed by atoms with Gasteiger partial charge in [-0.2, -0.15) is 0 Å². The fraction of sp³-hybridized carbons (Fsp3) is 0.500. The predicted octanol–water partition coefficient (Wildman–Crippen LogP) is -0.632. The van der Waals surface area contributed by atoms with E-state index in [-0.39, 0.29) is 30.8 Å². The van der Waals surface area contributed by atoms with Crippen LogP contribution in [0.4, 0.5) is 0 Å². The van der Waals surface area contributed by atoms with Crippen LogP contribution < -0.4 is 10.6 Å². The SMILES string of the molecule is CNC(=O)CNCC(=O)N1CCN(C(=O)c2cccs2)CC1. The van der Waals surface area contributed by atoms with Gasteiger partial charge in [-0.3, -0.25) is 19.7 Å². The molecule has 2 N–H and O–H groups in total. The number of thiophene rings is 1. The number of carbonyl (C=O) groups is 3. The molecule has 0 saturated carbocycles. The van der Waals surface area contributed by atoms with E-state index in [1.54, 1.807) is 16.8 Å². The maximum absolute atomic E-state index is 12.2. The molecule has 0 aliphatic carbocycles. The largest absolute Gasteiger partial charge is 0.358 e. The molecule has 0 unspecified atom stereocenters. The third kappa shape index (κ3) is 4.28. The van der Waals surface area contributed by atoms with Crippen LogP contribution in [0.15, 0.2) is 17.5 Å². The van der Waals surface area contributed by atoms with Crippen LogP contribution in [0.3, 0.4) is 0 Å². The molecular weight excluding hydrogens is 304 g/mol. The summed E-state index contributed by atoms with van der Waals surface area (Å²) in [7, 11) is 1.55. The van der Waals surface area contributed by atoms with Crippen LogP contribution in [0.2, 0.25) is 0 Å². The first-order valence-electron chi connectivity index (χ1n) is 7.13. The molecule has 3 amide bonds. The van der Waals surface area contributed by atoms with E-state index in [2.05, 4.69) is 10.6 Å². The molecule has 1 aromatic heterocycles. The first-order valence-corrected chi connectivity index (χ1v) is 8.01. The molecule has 1 aliphatic heterocycles. The minimum Gasteiger partial charge on any atom is -0.358 e. The number of piperazine rings is 1. The molecule has 8 heteroatoms. The van der Waals surface area contributed by atoms with Crippen molar-refractivity contribution in [3.05, 3.63) is 22.4 Å². The second-order valence-electron chi connectivity index (χ2n) is 4.93. The number of carbonyl (C=O) groups excluding carboxylic acids is 3. The number of amides is 3. The van der Waals surface area contributed by atoms with Crippen molar-refractivity contribution >= 4 is 29.1 Å². The van der Waals surface area contributed by atoms with Gasteiger partial charge in [0.25, 0.3) is 5.91 Å². The van der Waals surface area contributed by atoms with E-state index < -0.39 is 0 Å². The van der Waals surface area contributed by atoms with E-state index in [0.717, 1.165) is 4.88 Å². The molecule has 1 aromatic rings. The second kappa shape index (κ2) is 7.90. The van der Waals surface area contributed by atoms with Gasteiger partial charge in [0.05, 0.1) is 18.0 Å². The minimum absolute atomic E-state index is 0.0276. The quantitative estimate of drug-likeness (QED) is 0.755. The van der Waals surface area contributed by atoms with Gasteiger partial charge < -0.3 is 15.1 Å².